The summed E-state index contributed by atoms with van der Waals surface area (Å²) in [5.74, 6) is 0. The van der Waals surface area contributed by atoms with E-state index in [0.29, 0.717) is 18.8 Å². The molecule has 0 atom stereocenters. The zero-order chi connectivity index (χ0) is 13.7. The minimum Gasteiger partial charge on any atom is -0.361 e. The quantitative estimate of drug-likeness (QED) is 0.441. The maximum Gasteiger partial charge on any atom is 0.272 e. The summed E-state index contributed by atoms with van der Waals surface area (Å²) >= 11 is 16.8. The average molecular weight is 346 g/mol. The number of anilines is 1. The van der Waals surface area contributed by atoms with E-state index in [1.165, 1.54) is 12.1 Å². The smallest absolute Gasteiger partial charge is 0.272 e. The molecule has 0 aliphatic rings. The highest BCUT2D eigenvalue weighted by atomic mass is 35.5. The number of nitrogens with two attached hydrogens (primary N) is 1. The molecule has 1 aromatic rings. The monoisotopic (exact) mass is 344 g/mol. The highest BCUT2D eigenvalue weighted by Gasteiger charge is 2.15. The van der Waals surface area contributed by atoms with Gasteiger partial charge in [0.2, 0.25) is 0 Å². The number of hydrogen-bond acceptors (Lipinski definition) is 4. The van der Waals surface area contributed by atoms with Gasteiger partial charge in [-0.3, -0.25) is 10.1 Å². The summed E-state index contributed by atoms with van der Waals surface area (Å²) in [6.07, 6.45) is 0. The molecule has 1 aromatic carbocycles. The van der Waals surface area contributed by atoms with Crippen LogP contribution < -0.4 is 16.4 Å². The Balaban J connectivity index is 0.00000324. The van der Waals surface area contributed by atoms with Crippen LogP contribution >= 0.6 is 47.8 Å². The Bertz CT molecular complexity index is 464. The summed E-state index contributed by atoms with van der Waals surface area (Å²) in [7, 11) is 0. The Morgan fingerprint density at radius 2 is 1.95 bits per heavy atom. The van der Waals surface area contributed by atoms with Crippen LogP contribution in [0.4, 0.5) is 11.4 Å². The summed E-state index contributed by atoms with van der Waals surface area (Å²) in [6, 6.07) is 2.39. The number of nitrogens with one attached hydrogen (secondary N) is 2. The lowest BCUT2D eigenvalue weighted by atomic mass is 10.3. The van der Waals surface area contributed by atoms with Crippen molar-refractivity contribution in [2.75, 3.05) is 18.4 Å². The van der Waals surface area contributed by atoms with Gasteiger partial charge < -0.3 is 16.4 Å². The second-order valence-corrected chi connectivity index (χ2v) is 4.43. The van der Waals surface area contributed by atoms with Gasteiger partial charge in [-0.15, -0.1) is 12.4 Å². The Labute approximate surface area is 131 Å². The lowest BCUT2D eigenvalue weighted by Gasteiger charge is -2.12. The van der Waals surface area contributed by atoms with Crippen LogP contribution in [0, 0.1) is 10.1 Å². The molecule has 10 heteroatoms. The van der Waals surface area contributed by atoms with E-state index in [1.807, 2.05) is 0 Å². The van der Waals surface area contributed by atoms with Gasteiger partial charge in [0.15, 0.2) is 5.11 Å². The molecule has 6 nitrogen and oxygen atoms in total. The van der Waals surface area contributed by atoms with E-state index in [-0.39, 0.29) is 33.3 Å². The molecule has 0 amide bonds. The Hall–Kier alpha value is -0.860. The zero-order valence-corrected chi connectivity index (χ0v) is 12.6. The van der Waals surface area contributed by atoms with E-state index >= 15 is 0 Å². The molecule has 0 aliphatic heterocycles. The van der Waals surface area contributed by atoms with Crippen molar-refractivity contribution in [1.82, 2.24) is 5.32 Å². The number of nitrogens with zero attached hydrogens (tertiary/aromatic N) is 1. The summed E-state index contributed by atoms with van der Waals surface area (Å²) in [5.41, 5.74) is 5.44. The van der Waals surface area contributed by atoms with E-state index < -0.39 is 4.92 Å². The number of rotatable bonds is 4. The SMILES string of the molecule is Cl.NCCNC(=S)Nc1c(Cl)cc([N+](=O)[O-])cc1Cl. The standard InChI is InChI=1S/C9H10Cl2N4O2S.ClH/c10-6-3-5(15(16)17)4-7(11)8(6)14-9(18)13-2-1-12;/h3-4H,1-2,12H2,(H2,13,14,18);1H. The third-order valence-electron chi connectivity index (χ3n) is 1.91. The molecule has 19 heavy (non-hydrogen) atoms. The first kappa shape index (κ1) is 18.1. The fourth-order valence-electron chi connectivity index (χ4n) is 1.13. The predicted molar refractivity (Wildman–Crippen MR) is 83.6 cm³/mol. The fourth-order valence-corrected chi connectivity index (χ4v) is 1.90. The van der Waals surface area contributed by atoms with Crippen molar-refractivity contribution in [3.8, 4) is 0 Å². The molecule has 0 saturated heterocycles. The Morgan fingerprint density at radius 3 is 2.37 bits per heavy atom. The van der Waals surface area contributed by atoms with Crippen LogP contribution in [0.25, 0.3) is 0 Å². The molecule has 106 valence electrons. The maximum absolute atomic E-state index is 10.6. The van der Waals surface area contributed by atoms with Gasteiger partial charge >= 0.3 is 0 Å². The molecular weight excluding hydrogens is 335 g/mol. The number of non-ortho nitro benzene ring substituents is 1. The van der Waals surface area contributed by atoms with Crippen LogP contribution in [0.5, 0.6) is 0 Å². The number of hydrogen-bond donors (Lipinski definition) is 3. The van der Waals surface area contributed by atoms with E-state index in [9.17, 15) is 10.1 Å². The topological polar surface area (TPSA) is 93.2 Å². The number of nitro benzene ring substituents is 1. The molecule has 0 heterocycles. The first-order valence-electron chi connectivity index (χ1n) is 4.84. The van der Waals surface area contributed by atoms with Gasteiger partial charge in [0, 0.05) is 25.2 Å². The van der Waals surface area contributed by atoms with Crippen molar-refractivity contribution in [2.24, 2.45) is 5.73 Å². The van der Waals surface area contributed by atoms with Crippen molar-refractivity contribution in [2.45, 2.75) is 0 Å². The van der Waals surface area contributed by atoms with Crippen LogP contribution in [0.1, 0.15) is 0 Å². The Morgan fingerprint density at radius 1 is 1.42 bits per heavy atom. The largest absolute Gasteiger partial charge is 0.361 e. The van der Waals surface area contributed by atoms with Gasteiger partial charge in [0.1, 0.15) is 0 Å². The molecule has 0 unspecified atom stereocenters. The van der Waals surface area contributed by atoms with Crippen LogP contribution in [-0.2, 0) is 0 Å². The molecule has 0 aromatic heterocycles. The van der Waals surface area contributed by atoms with Gasteiger partial charge in [-0.05, 0) is 12.2 Å². The summed E-state index contributed by atoms with van der Waals surface area (Å²) in [5, 5.41) is 16.7. The average Bonchev–Trinajstić information content (AvgIpc) is 2.30. The molecule has 0 aliphatic carbocycles. The van der Waals surface area contributed by atoms with Crippen molar-refractivity contribution < 1.29 is 4.92 Å². The van der Waals surface area contributed by atoms with Crippen LogP contribution in [-0.4, -0.2) is 23.1 Å². The van der Waals surface area contributed by atoms with Crippen molar-refractivity contribution >= 4 is 64.3 Å². The number of benzene rings is 1. The summed E-state index contributed by atoms with van der Waals surface area (Å²) < 4.78 is 0. The number of halogens is 3. The van der Waals surface area contributed by atoms with Gasteiger partial charge in [-0.1, -0.05) is 23.2 Å². The van der Waals surface area contributed by atoms with E-state index in [2.05, 4.69) is 10.6 Å². The fraction of sp³-hybridized carbons (Fsp3) is 0.222. The number of nitro groups is 1. The minimum atomic E-state index is -0.577. The zero-order valence-electron chi connectivity index (χ0n) is 9.48. The molecule has 1 rings (SSSR count). The lowest BCUT2D eigenvalue weighted by molar-refractivity contribution is -0.384. The van der Waals surface area contributed by atoms with E-state index in [4.69, 9.17) is 41.2 Å². The molecule has 0 bridgehead atoms. The molecule has 4 N–H and O–H groups in total. The van der Waals surface area contributed by atoms with E-state index in [0.717, 1.165) is 0 Å². The normalized spacial score (nSPS) is 9.42. The van der Waals surface area contributed by atoms with Gasteiger partial charge in [-0.25, -0.2) is 0 Å². The highest BCUT2D eigenvalue weighted by Crippen LogP contribution is 2.34. The first-order chi connectivity index (χ1) is 8.45. The second-order valence-electron chi connectivity index (χ2n) is 3.21. The van der Waals surface area contributed by atoms with Crippen LogP contribution in [0.15, 0.2) is 12.1 Å². The third kappa shape index (κ3) is 5.33. The van der Waals surface area contributed by atoms with Crippen molar-refractivity contribution in [3.63, 3.8) is 0 Å². The van der Waals surface area contributed by atoms with Crippen LogP contribution in [0.2, 0.25) is 10.0 Å². The van der Waals surface area contributed by atoms with Crippen LogP contribution in [0.3, 0.4) is 0 Å². The van der Waals surface area contributed by atoms with E-state index in [1.54, 1.807) is 0 Å². The third-order valence-corrected chi connectivity index (χ3v) is 2.75. The summed E-state index contributed by atoms with van der Waals surface area (Å²) in [4.78, 5) is 10.0. The minimum absolute atomic E-state index is 0. The van der Waals surface area contributed by atoms with Crippen molar-refractivity contribution in [1.29, 1.82) is 0 Å². The highest BCUT2D eigenvalue weighted by molar-refractivity contribution is 7.80. The summed E-state index contributed by atoms with van der Waals surface area (Å²) in [6.45, 7) is 0.914. The van der Waals surface area contributed by atoms with Gasteiger partial charge in [0.25, 0.3) is 5.69 Å². The molecule has 0 spiro atoms. The molecule has 0 saturated carbocycles. The second kappa shape index (κ2) is 8.34. The first-order valence-corrected chi connectivity index (χ1v) is 6.00. The van der Waals surface area contributed by atoms with Gasteiger partial charge in [-0.2, -0.15) is 0 Å². The van der Waals surface area contributed by atoms with Crippen molar-refractivity contribution in [3.05, 3.63) is 32.3 Å². The molecular formula is C9H11Cl3N4O2S. The predicted octanol–water partition coefficient (Wildman–Crippen LogP) is 2.57. The van der Waals surface area contributed by atoms with Gasteiger partial charge in [0.05, 0.1) is 20.7 Å². The number of thiocarbonyl (C=S) groups is 1. The molecule has 0 radical (unpaired) electrons. The lowest BCUT2D eigenvalue weighted by Crippen LogP contribution is -2.32. The maximum atomic E-state index is 10.6. The molecule has 0 fully saturated rings. The Kier molecular flexibility index (Phi) is 7.96.